The first-order chi connectivity index (χ1) is 10.7. The highest BCUT2D eigenvalue weighted by Gasteiger charge is 2.45. The normalized spacial score (nSPS) is 19.0. The fraction of sp³-hybridized carbons (Fsp3) is 0.471. The molecular weight excluding hydrogens is 300 g/mol. The van der Waals surface area contributed by atoms with Gasteiger partial charge in [-0.05, 0) is 24.0 Å². The molecule has 0 amide bonds. The molecule has 124 valence electrons. The molecule has 0 saturated carbocycles. The van der Waals surface area contributed by atoms with E-state index < -0.39 is 11.4 Å². The lowest BCUT2D eigenvalue weighted by atomic mass is 9.64. The molecule has 0 spiro atoms. The van der Waals surface area contributed by atoms with Crippen LogP contribution in [-0.4, -0.2) is 37.0 Å². The number of hydrogen-bond donors (Lipinski definition) is 1. The van der Waals surface area contributed by atoms with Crippen LogP contribution in [0.5, 0.6) is 5.75 Å². The Hall–Kier alpha value is -2.37. The Morgan fingerprint density at radius 3 is 2.48 bits per heavy atom. The van der Waals surface area contributed by atoms with Gasteiger partial charge in [0, 0.05) is 11.8 Å². The van der Waals surface area contributed by atoms with E-state index in [4.69, 9.17) is 4.74 Å². The SMILES string of the molecule is COC(=O)CC1Cc2ccc(C(=O)OC)c(O)c2C(=O)C1(C)C. The van der Waals surface area contributed by atoms with Gasteiger partial charge in [0.15, 0.2) is 5.78 Å². The van der Waals surface area contributed by atoms with Gasteiger partial charge in [-0.3, -0.25) is 9.59 Å². The summed E-state index contributed by atoms with van der Waals surface area (Å²) in [5, 5.41) is 10.3. The first kappa shape index (κ1) is 17.0. The Morgan fingerprint density at radius 2 is 1.91 bits per heavy atom. The van der Waals surface area contributed by atoms with E-state index in [9.17, 15) is 19.5 Å². The summed E-state index contributed by atoms with van der Waals surface area (Å²) >= 11 is 0. The Balaban J connectivity index is 2.50. The molecule has 1 aliphatic carbocycles. The summed E-state index contributed by atoms with van der Waals surface area (Å²) in [4.78, 5) is 36.1. The van der Waals surface area contributed by atoms with Crippen molar-refractivity contribution in [2.45, 2.75) is 26.7 Å². The van der Waals surface area contributed by atoms with Gasteiger partial charge in [0.2, 0.25) is 0 Å². The van der Waals surface area contributed by atoms with Crippen molar-refractivity contribution in [2.75, 3.05) is 14.2 Å². The maximum atomic E-state index is 12.8. The second-order valence-electron chi connectivity index (χ2n) is 6.22. The molecule has 1 N–H and O–H groups in total. The predicted molar refractivity (Wildman–Crippen MR) is 81.4 cm³/mol. The van der Waals surface area contributed by atoms with Crippen molar-refractivity contribution in [2.24, 2.45) is 11.3 Å². The van der Waals surface area contributed by atoms with Crippen molar-refractivity contribution in [3.05, 3.63) is 28.8 Å². The first-order valence-corrected chi connectivity index (χ1v) is 7.28. The van der Waals surface area contributed by atoms with E-state index in [0.29, 0.717) is 12.0 Å². The minimum atomic E-state index is -0.854. The molecule has 0 saturated heterocycles. The van der Waals surface area contributed by atoms with Gasteiger partial charge in [-0.15, -0.1) is 0 Å². The number of ether oxygens (including phenoxy) is 2. The van der Waals surface area contributed by atoms with Gasteiger partial charge in [-0.1, -0.05) is 19.9 Å². The number of hydrogen-bond acceptors (Lipinski definition) is 6. The molecule has 6 nitrogen and oxygen atoms in total. The molecule has 0 aromatic heterocycles. The molecule has 1 aromatic carbocycles. The maximum absolute atomic E-state index is 12.8. The third kappa shape index (κ3) is 2.81. The monoisotopic (exact) mass is 320 g/mol. The fourth-order valence-corrected chi connectivity index (χ4v) is 2.97. The van der Waals surface area contributed by atoms with Crippen molar-refractivity contribution in [1.29, 1.82) is 0 Å². The number of aromatic hydroxyl groups is 1. The molecule has 0 heterocycles. The van der Waals surface area contributed by atoms with Crippen LogP contribution in [0.2, 0.25) is 0 Å². The number of esters is 2. The number of rotatable bonds is 3. The van der Waals surface area contributed by atoms with E-state index >= 15 is 0 Å². The predicted octanol–water partition coefficient (Wildman–Crippen LogP) is 2.12. The molecule has 6 heteroatoms. The Morgan fingerprint density at radius 1 is 1.26 bits per heavy atom. The zero-order valence-corrected chi connectivity index (χ0v) is 13.6. The lowest BCUT2D eigenvalue weighted by Crippen LogP contribution is -2.40. The number of Topliss-reactive ketones (excluding diaryl/α,β-unsaturated/α-hetero) is 1. The van der Waals surface area contributed by atoms with E-state index in [1.165, 1.54) is 20.3 Å². The van der Waals surface area contributed by atoms with Crippen LogP contribution in [0.1, 0.15) is 46.5 Å². The van der Waals surface area contributed by atoms with Gasteiger partial charge in [-0.2, -0.15) is 0 Å². The van der Waals surface area contributed by atoms with Gasteiger partial charge < -0.3 is 14.6 Å². The van der Waals surface area contributed by atoms with Crippen LogP contribution in [0.15, 0.2) is 12.1 Å². The van der Waals surface area contributed by atoms with Crippen LogP contribution in [0.4, 0.5) is 0 Å². The van der Waals surface area contributed by atoms with Gasteiger partial charge in [-0.25, -0.2) is 4.79 Å². The van der Waals surface area contributed by atoms with Crippen molar-refractivity contribution >= 4 is 17.7 Å². The Labute approximate surface area is 134 Å². The molecule has 1 atom stereocenters. The summed E-state index contributed by atoms with van der Waals surface area (Å²) in [6, 6.07) is 3.06. The second kappa shape index (κ2) is 6.02. The Bertz CT molecular complexity index is 674. The van der Waals surface area contributed by atoms with Crippen LogP contribution in [0.25, 0.3) is 0 Å². The van der Waals surface area contributed by atoms with Crippen molar-refractivity contribution < 1.29 is 29.0 Å². The molecule has 2 rings (SSSR count). The lowest BCUT2D eigenvalue weighted by Gasteiger charge is -2.38. The van der Waals surface area contributed by atoms with E-state index in [1.807, 2.05) is 0 Å². The maximum Gasteiger partial charge on any atom is 0.341 e. The third-order valence-corrected chi connectivity index (χ3v) is 4.61. The summed E-state index contributed by atoms with van der Waals surface area (Å²) in [7, 11) is 2.52. The molecule has 0 aliphatic heterocycles. The van der Waals surface area contributed by atoms with E-state index in [0.717, 1.165) is 0 Å². The van der Waals surface area contributed by atoms with Crippen LogP contribution in [0, 0.1) is 11.3 Å². The number of benzene rings is 1. The highest BCUT2D eigenvalue weighted by atomic mass is 16.5. The van der Waals surface area contributed by atoms with Crippen molar-refractivity contribution in [1.82, 2.24) is 0 Å². The minimum Gasteiger partial charge on any atom is -0.506 e. The number of methoxy groups -OCH3 is 2. The van der Waals surface area contributed by atoms with Gasteiger partial charge in [0.25, 0.3) is 0 Å². The van der Waals surface area contributed by atoms with E-state index in [2.05, 4.69) is 4.74 Å². The quantitative estimate of drug-likeness (QED) is 0.858. The summed E-state index contributed by atoms with van der Waals surface area (Å²) < 4.78 is 9.31. The second-order valence-corrected chi connectivity index (χ2v) is 6.22. The number of phenolic OH excluding ortho intramolecular Hbond substituents is 1. The van der Waals surface area contributed by atoms with Crippen LogP contribution in [0.3, 0.4) is 0 Å². The number of carbonyl (C=O) groups is 3. The number of carbonyl (C=O) groups excluding carboxylic acids is 3. The smallest absolute Gasteiger partial charge is 0.341 e. The average molecular weight is 320 g/mol. The summed E-state index contributed by atoms with van der Waals surface area (Å²) in [6.07, 6.45) is 0.562. The summed E-state index contributed by atoms with van der Waals surface area (Å²) in [5.74, 6) is -1.97. The lowest BCUT2D eigenvalue weighted by molar-refractivity contribution is -0.142. The van der Waals surface area contributed by atoms with Crippen LogP contribution < -0.4 is 0 Å². The molecule has 0 radical (unpaired) electrons. The summed E-state index contributed by atoms with van der Waals surface area (Å²) in [6.45, 7) is 3.46. The fourth-order valence-electron chi connectivity index (χ4n) is 2.97. The molecule has 1 unspecified atom stereocenters. The first-order valence-electron chi connectivity index (χ1n) is 7.28. The molecule has 1 aliphatic rings. The molecule has 0 fully saturated rings. The zero-order chi connectivity index (χ0) is 17.4. The van der Waals surface area contributed by atoms with E-state index in [-0.39, 0.29) is 41.0 Å². The van der Waals surface area contributed by atoms with Gasteiger partial charge in [0.1, 0.15) is 11.3 Å². The van der Waals surface area contributed by atoms with Crippen LogP contribution >= 0.6 is 0 Å². The average Bonchev–Trinajstić information content (AvgIpc) is 2.51. The summed E-state index contributed by atoms with van der Waals surface area (Å²) in [5.41, 5.74) is -0.137. The Kier molecular flexibility index (Phi) is 4.45. The largest absolute Gasteiger partial charge is 0.506 e. The third-order valence-electron chi connectivity index (χ3n) is 4.61. The topological polar surface area (TPSA) is 89.9 Å². The number of phenols is 1. The molecular formula is C17H20O6. The highest BCUT2D eigenvalue weighted by molar-refractivity contribution is 6.08. The van der Waals surface area contributed by atoms with E-state index in [1.54, 1.807) is 19.9 Å². The molecule has 0 bridgehead atoms. The highest BCUT2D eigenvalue weighted by Crippen LogP contribution is 2.44. The van der Waals surface area contributed by atoms with Crippen LogP contribution in [-0.2, 0) is 20.7 Å². The minimum absolute atomic E-state index is 0.0400. The standard InChI is InChI=1S/C17H20O6/c1-17(2)10(8-12(18)22-3)7-9-5-6-11(16(21)23-4)14(19)13(9)15(17)20/h5-6,10,19H,7-8H2,1-4H3. The number of fused-ring (bicyclic) bond motifs is 1. The molecule has 23 heavy (non-hydrogen) atoms. The van der Waals surface area contributed by atoms with Gasteiger partial charge >= 0.3 is 11.9 Å². The van der Waals surface area contributed by atoms with Crippen molar-refractivity contribution in [3.8, 4) is 5.75 Å². The van der Waals surface area contributed by atoms with Gasteiger partial charge in [0.05, 0.1) is 19.8 Å². The number of ketones is 1. The van der Waals surface area contributed by atoms with Crippen molar-refractivity contribution in [3.63, 3.8) is 0 Å². The molecule has 1 aromatic rings. The zero-order valence-electron chi connectivity index (χ0n) is 13.6.